The fourth-order valence-electron chi connectivity index (χ4n) is 0.791. The summed E-state index contributed by atoms with van der Waals surface area (Å²) in [5.41, 5.74) is 7.74. The summed E-state index contributed by atoms with van der Waals surface area (Å²) in [5.74, 6) is 0.870. The van der Waals surface area contributed by atoms with Crippen LogP contribution in [0.4, 0.5) is 0 Å². The minimum absolute atomic E-state index is 0.00685. The van der Waals surface area contributed by atoms with Gasteiger partial charge in [0.15, 0.2) is 0 Å². The van der Waals surface area contributed by atoms with Gasteiger partial charge in [-0.3, -0.25) is 0 Å². The lowest BCUT2D eigenvalue weighted by atomic mass is 10.3. The van der Waals surface area contributed by atoms with E-state index in [2.05, 4.69) is 9.97 Å². The van der Waals surface area contributed by atoms with Crippen molar-refractivity contribution in [3.05, 3.63) is 17.2 Å². The van der Waals surface area contributed by atoms with E-state index in [1.54, 1.807) is 0 Å². The van der Waals surface area contributed by atoms with Crippen LogP contribution in [0.1, 0.15) is 30.2 Å². The second-order valence-electron chi connectivity index (χ2n) is 2.62. The Balaban J connectivity index is 2.98. The van der Waals surface area contributed by atoms with Crippen LogP contribution in [0, 0.1) is 13.8 Å². The highest BCUT2D eigenvalue weighted by Crippen LogP contribution is 2.07. The van der Waals surface area contributed by atoms with Crippen LogP contribution in [0.15, 0.2) is 0 Å². The minimum atomic E-state index is 0.00685. The van der Waals surface area contributed by atoms with Crippen LogP contribution in [0.2, 0.25) is 0 Å². The quantitative estimate of drug-likeness (QED) is 0.611. The molecule has 0 radical (unpaired) electrons. The summed E-state index contributed by atoms with van der Waals surface area (Å²) in [4.78, 5) is 7.34. The SMILES string of the molecule is Cc1nc([C@H](C)N)[nH]c1C. The van der Waals surface area contributed by atoms with E-state index in [1.165, 1.54) is 0 Å². The molecule has 1 atom stereocenters. The number of rotatable bonds is 1. The smallest absolute Gasteiger partial charge is 0.123 e. The minimum Gasteiger partial charge on any atom is -0.345 e. The van der Waals surface area contributed by atoms with Crippen LogP contribution < -0.4 is 5.73 Å². The van der Waals surface area contributed by atoms with Gasteiger partial charge in [-0.05, 0) is 20.8 Å². The number of hydrogen-bond acceptors (Lipinski definition) is 2. The molecule has 0 aliphatic heterocycles. The van der Waals surface area contributed by atoms with Crippen LogP contribution in [-0.2, 0) is 0 Å². The predicted octanol–water partition coefficient (Wildman–Crippen LogP) is 1.05. The molecule has 0 unspecified atom stereocenters. The molecule has 56 valence electrons. The molecule has 0 amide bonds. The zero-order valence-electron chi connectivity index (χ0n) is 6.60. The lowest BCUT2D eigenvalue weighted by Crippen LogP contribution is -2.06. The molecule has 3 nitrogen and oxygen atoms in total. The van der Waals surface area contributed by atoms with Gasteiger partial charge in [-0.25, -0.2) is 4.98 Å². The van der Waals surface area contributed by atoms with E-state index >= 15 is 0 Å². The van der Waals surface area contributed by atoms with Crippen LogP contribution in [0.5, 0.6) is 0 Å². The monoisotopic (exact) mass is 139 g/mol. The number of imidazole rings is 1. The fourth-order valence-corrected chi connectivity index (χ4v) is 0.791. The number of nitrogens with one attached hydrogen (secondary N) is 1. The van der Waals surface area contributed by atoms with E-state index in [1.807, 2.05) is 20.8 Å². The van der Waals surface area contributed by atoms with Crippen molar-refractivity contribution in [2.24, 2.45) is 5.73 Å². The standard InChI is InChI=1S/C7H13N3/c1-4(8)7-9-5(2)6(3)10-7/h4H,8H2,1-3H3,(H,9,10)/t4-/m0/s1. The molecule has 0 spiro atoms. The van der Waals surface area contributed by atoms with Gasteiger partial charge in [0.2, 0.25) is 0 Å². The first kappa shape index (κ1) is 7.28. The number of hydrogen-bond donors (Lipinski definition) is 2. The maximum atomic E-state index is 5.60. The zero-order chi connectivity index (χ0) is 7.72. The average molecular weight is 139 g/mol. The summed E-state index contributed by atoms with van der Waals surface area (Å²) in [6.07, 6.45) is 0. The number of H-pyrrole nitrogens is 1. The molecule has 0 saturated heterocycles. The Labute approximate surface area is 60.7 Å². The Morgan fingerprint density at radius 1 is 1.50 bits per heavy atom. The van der Waals surface area contributed by atoms with Gasteiger partial charge in [-0.15, -0.1) is 0 Å². The molecule has 0 aromatic carbocycles. The molecular formula is C7H13N3. The molecule has 0 aliphatic rings. The molecule has 1 heterocycles. The Morgan fingerprint density at radius 2 is 2.10 bits per heavy atom. The number of nitrogens with zero attached hydrogens (tertiary/aromatic N) is 1. The van der Waals surface area contributed by atoms with Crippen molar-refractivity contribution in [1.29, 1.82) is 0 Å². The van der Waals surface area contributed by atoms with Crippen molar-refractivity contribution in [1.82, 2.24) is 9.97 Å². The van der Waals surface area contributed by atoms with Gasteiger partial charge in [-0.2, -0.15) is 0 Å². The normalized spacial score (nSPS) is 13.6. The Hall–Kier alpha value is -0.830. The van der Waals surface area contributed by atoms with Crippen LogP contribution in [-0.4, -0.2) is 9.97 Å². The van der Waals surface area contributed by atoms with Gasteiger partial charge >= 0.3 is 0 Å². The predicted molar refractivity (Wildman–Crippen MR) is 40.7 cm³/mol. The van der Waals surface area contributed by atoms with Gasteiger partial charge in [0.25, 0.3) is 0 Å². The van der Waals surface area contributed by atoms with E-state index in [9.17, 15) is 0 Å². The number of aromatic amines is 1. The summed E-state index contributed by atoms with van der Waals surface area (Å²) in [6, 6.07) is 0.00685. The van der Waals surface area contributed by atoms with Crippen LogP contribution >= 0.6 is 0 Å². The van der Waals surface area contributed by atoms with Gasteiger partial charge in [0, 0.05) is 5.69 Å². The highest BCUT2D eigenvalue weighted by atomic mass is 15.0. The van der Waals surface area contributed by atoms with E-state index in [-0.39, 0.29) is 6.04 Å². The molecule has 3 N–H and O–H groups in total. The molecular weight excluding hydrogens is 126 g/mol. The molecule has 3 heteroatoms. The van der Waals surface area contributed by atoms with Gasteiger partial charge < -0.3 is 10.7 Å². The molecule has 1 rings (SSSR count). The van der Waals surface area contributed by atoms with E-state index < -0.39 is 0 Å². The largest absolute Gasteiger partial charge is 0.345 e. The van der Waals surface area contributed by atoms with E-state index in [4.69, 9.17) is 5.73 Å². The Bertz CT molecular complexity index is 205. The maximum Gasteiger partial charge on any atom is 0.123 e. The third-order valence-electron chi connectivity index (χ3n) is 1.58. The van der Waals surface area contributed by atoms with E-state index in [0.29, 0.717) is 0 Å². The second kappa shape index (κ2) is 2.42. The number of aryl methyl sites for hydroxylation is 2. The first-order chi connectivity index (χ1) is 4.61. The van der Waals surface area contributed by atoms with Gasteiger partial charge in [0.1, 0.15) is 5.82 Å². The summed E-state index contributed by atoms with van der Waals surface area (Å²) in [5, 5.41) is 0. The van der Waals surface area contributed by atoms with Crippen molar-refractivity contribution in [2.75, 3.05) is 0 Å². The topological polar surface area (TPSA) is 54.7 Å². The maximum absolute atomic E-state index is 5.60. The number of nitrogens with two attached hydrogens (primary N) is 1. The number of aromatic nitrogens is 2. The average Bonchev–Trinajstić information content (AvgIpc) is 2.13. The zero-order valence-corrected chi connectivity index (χ0v) is 6.60. The lowest BCUT2D eigenvalue weighted by molar-refractivity contribution is 0.752. The van der Waals surface area contributed by atoms with Gasteiger partial charge in [-0.1, -0.05) is 0 Å². The van der Waals surface area contributed by atoms with Crippen molar-refractivity contribution >= 4 is 0 Å². The van der Waals surface area contributed by atoms with Gasteiger partial charge in [0.05, 0.1) is 11.7 Å². The molecule has 1 aromatic heterocycles. The van der Waals surface area contributed by atoms with E-state index in [0.717, 1.165) is 17.2 Å². The van der Waals surface area contributed by atoms with Crippen LogP contribution in [0.25, 0.3) is 0 Å². The van der Waals surface area contributed by atoms with Crippen molar-refractivity contribution in [3.63, 3.8) is 0 Å². The highest BCUT2D eigenvalue weighted by molar-refractivity contribution is 5.12. The van der Waals surface area contributed by atoms with Crippen molar-refractivity contribution in [2.45, 2.75) is 26.8 Å². The van der Waals surface area contributed by atoms with Crippen molar-refractivity contribution in [3.8, 4) is 0 Å². The summed E-state index contributed by atoms with van der Waals surface area (Å²) in [6.45, 7) is 5.88. The first-order valence-corrected chi connectivity index (χ1v) is 3.40. The molecule has 10 heavy (non-hydrogen) atoms. The first-order valence-electron chi connectivity index (χ1n) is 3.40. The molecule has 0 fully saturated rings. The third-order valence-corrected chi connectivity index (χ3v) is 1.58. The summed E-state index contributed by atoms with van der Waals surface area (Å²) >= 11 is 0. The lowest BCUT2D eigenvalue weighted by Gasteiger charge is -1.96. The van der Waals surface area contributed by atoms with Crippen LogP contribution in [0.3, 0.4) is 0 Å². The fraction of sp³-hybridized carbons (Fsp3) is 0.571. The highest BCUT2D eigenvalue weighted by Gasteiger charge is 2.04. The third kappa shape index (κ3) is 1.19. The van der Waals surface area contributed by atoms with Crippen molar-refractivity contribution < 1.29 is 0 Å². The molecule has 0 saturated carbocycles. The summed E-state index contributed by atoms with van der Waals surface area (Å²) in [7, 11) is 0. The molecule has 0 aliphatic carbocycles. The summed E-state index contributed by atoms with van der Waals surface area (Å²) < 4.78 is 0. The molecule has 0 bridgehead atoms. The Morgan fingerprint density at radius 3 is 2.30 bits per heavy atom. The molecule has 1 aromatic rings. The Kier molecular flexibility index (Phi) is 1.76. The second-order valence-corrected chi connectivity index (χ2v) is 2.62.